The van der Waals surface area contributed by atoms with Gasteiger partial charge >= 0.3 is 0 Å². The predicted molar refractivity (Wildman–Crippen MR) is 118 cm³/mol. The summed E-state index contributed by atoms with van der Waals surface area (Å²) in [5.41, 5.74) is 6.99. The van der Waals surface area contributed by atoms with Gasteiger partial charge in [-0.25, -0.2) is 0 Å². The number of hydrogen-bond donors (Lipinski definition) is 0. The van der Waals surface area contributed by atoms with Crippen LogP contribution in [0.15, 0.2) is 67.0 Å². The molecule has 0 unspecified atom stereocenters. The van der Waals surface area contributed by atoms with Crippen molar-refractivity contribution in [2.75, 3.05) is 7.11 Å². The van der Waals surface area contributed by atoms with E-state index in [1.807, 2.05) is 43.3 Å². The molecule has 4 rings (SSSR count). The largest absolute Gasteiger partial charge is 0.497 e. The van der Waals surface area contributed by atoms with Crippen molar-refractivity contribution < 1.29 is 4.74 Å². The zero-order valence-corrected chi connectivity index (χ0v) is 17.2. The van der Waals surface area contributed by atoms with E-state index in [1.54, 1.807) is 36.3 Å². The Bertz CT molecular complexity index is 1320. The lowest BCUT2D eigenvalue weighted by Gasteiger charge is -2.11. The van der Waals surface area contributed by atoms with E-state index in [0.717, 1.165) is 45.0 Å². The molecule has 0 atom stereocenters. The summed E-state index contributed by atoms with van der Waals surface area (Å²) >= 11 is 0. The molecular weight excluding hydrogens is 386 g/mol. The number of nitrogens with zero attached hydrogens (tertiary/aromatic N) is 5. The molecule has 0 amide bonds. The molecule has 0 fully saturated rings. The number of hydrogen-bond acceptors (Lipinski definition) is 5. The maximum absolute atomic E-state index is 9.29. The fourth-order valence-corrected chi connectivity index (χ4v) is 3.56. The van der Waals surface area contributed by atoms with Crippen LogP contribution in [0.1, 0.15) is 11.1 Å². The van der Waals surface area contributed by atoms with Crippen molar-refractivity contribution in [2.45, 2.75) is 13.5 Å². The van der Waals surface area contributed by atoms with Crippen LogP contribution in [0.3, 0.4) is 0 Å². The van der Waals surface area contributed by atoms with E-state index in [9.17, 15) is 5.26 Å². The number of pyridine rings is 1. The second kappa shape index (κ2) is 8.52. The summed E-state index contributed by atoms with van der Waals surface area (Å²) in [5.74, 6) is 0.749. The van der Waals surface area contributed by atoms with E-state index < -0.39 is 0 Å². The van der Waals surface area contributed by atoms with Crippen LogP contribution in [0.2, 0.25) is 0 Å². The highest BCUT2D eigenvalue weighted by Gasteiger charge is 2.17. The van der Waals surface area contributed by atoms with Gasteiger partial charge in [0.25, 0.3) is 0 Å². The first-order valence-electron chi connectivity index (χ1n) is 9.68. The predicted octanol–water partition coefficient (Wildman–Crippen LogP) is 4.99. The summed E-state index contributed by atoms with van der Waals surface area (Å²) in [4.78, 5) is 4.50. The summed E-state index contributed by atoms with van der Waals surface area (Å²) in [6.07, 6.45) is 3.53. The van der Waals surface area contributed by atoms with Gasteiger partial charge in [0.05, 0.1) is 42.4 Å². The first-order chi connectivity index (χ1) is 15.1. The van der Waals surface area contributed by atoms with E-state index in [0.29, 0.717) is 5.56 Å². The summed E-state index contributed by atoms with van der Waals surface area (Å²) in [5, 5.41) is 22.8. The van der Waals surface area contributed by atoms with Crippen molar-refractivity contribution in [1.29, 1.82) is 10.5 Å². The maximum Gasteiger partial charge on any atom is 0.128 e. The topological polar surface area (TPSA) is 87.5 Å². The number of benzene rings is 2. The Kier molecular flexibility index (Phi) is 5.47. The van der Waals surface area contributed by atoms with E-state index in [1.165, 1.54) is 0 Å². The first kappa shape index (κ1) is 19.9. The summed E-state index contributed by atoms with van der Waals surface area (Å²) in [7, 11) is 1.64. The van der Waals surface area contributed by atoms with Crippen LogP contribution in [0.5, 0.6) is 5.75 Å². The Morgan fingerprint density at radius 2 is 1.77 bits per heavy atom. The number of methoxy groups -OCH3 is 1. The molecule has 4 aromatic rings. The fraction of sp³-hybridized carbons (Fsp3) is 0.120. The second-order valence-corrected chi connectivity index (χ2v) is 7.08. The molecule has 31 heavy (non-hydrogen) atoms. The van der Waals surface area contributed by atoms with Crippen molar-refractivity contribution in [3.63, 3.8) is 0 Å². The molecule has 0 aliphatic rings. The van der Waals surface area contributed by atoms with Gasteiger partial charge in [0, 0.05) is 22.9 Å². The molecule has 6 nitrogen and oxygen atoms in total. The average Bonchev–Trinajstić information content (AvgIpc) is 3.23. The molecule has 0 N–H and O–H groups in total. The van der Waals surface area contributed by atoms with E-state index in [-0.39, 0.29) is 6.54 Å². The Balaban J connectivity index is 1.85. The molecule has 0 saturated heterocycles. The third-order valence-electron chi connectivity index (χ3n) is 5.00. The molecular formula is C25H19N5O. The van der Waals surface area contributed by atoms with Crippen LogP contribution in [-0.4, -0.2) is 21.9 Å². The minimum absolute atomic E-state index is 0.138. The number of aromatic nitrogens is 3. The Labute approximate surface area is 180 Å². The van der Waals surface area contributed by atoms with E-state index >= 15 is 0 Å². The average molecular weight is 405 g/mol. The molecule has 0 aliphatic carbocycles. The molecule has 6 heteroatoms. The van der Waals surface area contributed by atoms with E-state index in [4.69, 9.17) is 10.00 Å². The molecule has 0 radical (unpaired) electrons. The van der Waals surface area contributed by atoms with Crippen LogP contribution < -0.4 is 4.74 Å². The normalized spacial score (nSPS) is 10.3. The van der Waals surface area contributed by atoms with Crippen molar-refractivity contribution in [2.24, 2.45) is 0 Å². The minimum Gasteiger partial charge on any atom is -0.497 e. The smallest absolute Gasteiger partial charge is 0.128 e. The number of aryl methyl sites for hydroxylation is 1. The monoisotopic (exact) mass is 405 g/mol. The molecule has 0 spiro atoms. The highest BCUT2D eigenvalue weighted by atomic mass is 16.5. The second-order valence-electron chi connectivity index (χ2n) is 7.08. The van der Waals surface area contributed by atoms with Gasteiger partial charge in [0.15, 0.2) is 0 Å². The Hall–Kier alpha value is -4.42. The number of rotatable bonds is 5. The number of nitriles is 2. The van der Waals surface area contributed by atoms with Gasteiger partial charge in [0.1, 0.15) is 12.3 Å². The van der Waals surface area contributed by atoms with E-state index in [2.05, 4.69) is 28.3 Å². The minimum atomic E-state index is 0.138. The highest BCUT2D eigenvalue weighted by Crippen LogP contribution is 2.35. The summed E-state index contributed by atoms with van der Waals surface area (Å²) in [6, 6.07) is 21.5. The standard InChI is InChI=1S/C25H19N5O/c1-17-11-21(13-22(12-17)31-2)25-23(16-29-30(25)10-8-26)20-7-9-28-24(14-20)19-5-3-18(15-27)4-6-19/h3-7,9,11-14,16H,10H2,1-2H3. The van der Waals surface area contributed by atoms with Crippen LogP contribution in [0.25, 0.3) is 33.6 Å². The van der Waals surface area contributed by atoms with Crippen molar-refractivity contribution in [3.05, 3.63) is 78.1 Å². The molecule has 0 saturated carbocycles. The molecule has 2 heterocycles. The van der Waals surface area contributed by atoms with Crippen LogP contribution in [0.4, 0.5) is 0 Å². The van der Waals surface area contributed by atoms with Crippen molar-refractivity contribution in [1.82, 2.24) is 14.8 Å². The van der Waals surface area contributed by atoms with Gasteiger partial charge < -0.3 is 4.74 Å². The fourth-order valence-electron chi connectivity index (χ4n) is 3.56. The third-order valence-corrected chi connectivity index (χ3v) is 5.00. The Morgan fingerprint density at radius 1 is 0.968 bits per heavy atom. The Morgan fingerprint density at radius 3 is 2.48 bits per heavy atom. The van der Waals surface area contributed by atoms with Crippen molar-refractivity contribution in [3.8, 4) is 51.5 Å². The lowest BCUT2D eigenvalue weighted by molar-refractivity contribution is 0.414. The van der Waals surface area contributed by atoms with Crippen molar-refractivity contribution >= 4 is 0 Å². The zero-order valence-electron chi connectivity index (χ0n) is 17.2. The van der Waals surface area contributed by atoms with Crippen LogP contribution in [-0.2, 0) is 6.54 Å². The van der Waals surface area contributed by atoms with Gasteiger partial charge in [-0.3, -0.25) is 9.67 Å². The first-order valence-corrected chi connectivity index (χ1v) is 9.68. The molecule has 2 aromatic heterocycles. The molecule has 0 aliphatic heterocycles. The third kappa shape index (κ3) is 4.01. The lowest BCUT2D eigenvalue weighted by atomic mass is 9.99. The maximum atomic E-state index is 9.29. The quantitative estimate of drug-likeness (QED) is 0.467. The summed E-state index contributed by atoms with van der Waals surface area (Å²) < 4.78 is 7.15. The summed E-state index contributed by atoms with van der Waals surface area (Å²) in [6.45, 7) is 2.14. The van der Waals surface area contributed by atoms with Crippen LogP contribution >= 0.6 is 0 Å². The molecule has 150 valence electrons. The van der Waals surface area contributed by atoms with Gasteiger partial charge in [-0.15, -0.1) is 0 Å². The van der Waals surface area contributed by atoms with Gasteiger partial charge in [0.2, 0.25) is 0 Å². The van der Waals surface area contributed by atoms with Gasteiger partial charge in [-0.1, -0.05) is 12.1 Å². The zero-order chi connectivity index (χ0) is 21.8. The molecule has 2 aromatic carbocycles. The van der Waals surface area contributed by atoms with Gasteiger partial charge in [-0.05, 0) is 60.5 Å². The molecule has 0 bridgehead atoms. The van der Waals surface area contributed by atoms with Crippen LogP contribution in [0, 0.1) is 29.6 Å². The lowest BCUT2D eigenvalue weighted by Crippen LogP contribution is -2.01. The number of ether oxygens (including phenoxy) is 1. The SMILES string of the molecule is COc1cc(C)cc(-c2c(-c3ccnc(-c4ccc(C#N)cc4)c3)cnn2CC#N)c1. The van der Waals surface area contributed by atoms with Gasteiger partial charge in [-0.2, -0.15) is 15.6 Å². The highest BCUT2D eigenvalue weighted by molar-refractivity contribution is 5.83.